The molecule has 0 unspecified atom stereocenters. The van der Waals surface area contributed by atoms with Crippen LogP contribution in [-0.2, 0) is 4.79 Å². The highest BCUT2D eigenvalue weighted by atomic mass is 16.4. The number of carbonyl (C=O) groups is 2. The zero-order chi connectivity index (χ0) is 14.4. The number of ketones is 1. The third-order valence-corrected chi connectivity index (χ3v) is 2.38. The van der Waals surface area contributed by atoms with E-state index in [-0.39, 0.29) is 11.6 Å². The van der Waals surface area contributed by atoms with Crippen LogP contribution in [0.2, 0.25) is 0 Å². The number of hydrogen-bond donors (Lipinski definition) is 2. The molecule has 2 N–H and O–H groups in total. The molecule has 6 heteroatoms. The summed E-state index contributed by atoms with van der Waals surface area (Å²) in [6.45, 7) is 0. The van der Waals surface area contributed by atoms with Gasteiger partial charge in [0.25, 0.3) is 0 Å². The van der Waals surface area contributed by atoms with Gasteiger partial charge in [0.1, 0.15) is 5.70 Å². The molecule has 2 rings (SSSR count). The van der Waals surface area contributed by atoms with Gasteiger partial charge in [-0.15, -0.1) is 0 Å². The van der Waals surface area contributed by atoms with Gasteiger partial charge in [0.15, 0.2) is 5.78 Å². The van der Waals surface area contributed by atoms with Gasteiger partial charge in [0.2, 0.25) is 5.95 Å². The first kappa shape index (κ1) is 13.4. The molecule has 6 nitrogen and oxygen atoms in total. The average molecular weight is 269 g/mol. The molecule has 2 aromatic rings. The Morgan fingerprint density at radius 3 is 2.30 bits per heavy atom. The Bertz CT molecular complexity index is 639. The molecule has 0 amide bonds. The smallest absolute Gasteiger partial charge is 0.352 e. The third kappa shape index (κ3) is 3.49. The number of benzene rings is 1. The maximum absolute atomic E-state index is 11.9. The highest BCUT2D eigenvalue weighted by Crippen LogP contribution is 2.06. The van der Waals surface area contributed by atoms with Crippen LogP contribution >= 0.6 is 0 Å². The lowest BCUT2D eigenvalue weighted by molar-refractivity contribution is -0.132. The van der Waals surface area contributed by atoms with Crippen LogP contribution in [0.15, 0.2) is 60.6 Å². The quantitative estimate of drug-likeness (QED) is 0.634. The standard InChI is InChI=1S/C14H11N3O3/c18-12(10-5-2-1-3-6-10)9-11(13(19)20)17-14-15-7-4-8-16-14/h1-9H,(H,19,20)(H,15,16,17)/b11-9-. The maximum Gasteiger partial charge on any atom is 0.352 e. The Hall–Kier alpha value is -3.02. The molecule has 0 saturated heterocycles. The molecular weight excluding hydrogens is 258 g/mol. The topological polar surface area (TPSA) is 92.2 Å². The molecule has 100 valence electrons. The number of nitrogens with zero attached hydrogens (tertiary/aromatic N) is 2. The van der Waals surface area contributed by atoms with Crippen molar-refractivity contribution in [3.63, 3.8) is 0 Å². The summed E-state index contributed by atoms with van der Waals surface area (Å²) in [6, 6.07) is 10.00. The lowest BCUT2D eigenvalue weighted by atomic mass is 10.1. The molecule has 0 aliphatic carbocycles. The molecule has 0 aliphatic heterocycles. The summed E-state index contributed by atoms with van der Waals surface area (Å²) in [4.78, 5) is 30.7. The molecule has 20 heavy (non-hydrogen) atoms. The van der Waals surface area contributed by atoms with Gasteiger partial charge in [-0.25, -0.2) is 14.8 Å². The van der Waals surface area contributed by atoms with E-state index in [9.17, 15) is 9.59 Å². The number of rotatable bonds is 5. The summed E-state index contributed by atoms with van der Waals surface area (Å²) in [5.74, 6) is -1.56. The third-order valence-electron chi connectivity index (χ3n) is 2.38. The highest BCUT2D eigenvalue weighted by Gasteiger charge is 2.12. The van der Waals surface area contributed by atoms with E-state index in [0.717, 1.165) is 6.08 Å². The summed E-state index contributed by atoms with van der Waals surface area (Å²) in [6.07, 6.45) is 3.94. The lowest BCUT2D eigenvalue weighted by Gasteiger charge is -2.04. The number of carboxylic acids is 1. The van der Waals surface area contributed by atoms with Crippen molar-refractivity contribution >= 4 is 17.7 Å². The second kappa shape index (κ2) is 6.24. The minimum absolute atomic E-state index is 0.113. The van der Waals surface area contributed by atoms with Gasteiger partial charge in [0, 0.05) is 24.0 Å². The van der Waals surface area contributed by atoms with Crippen molar-refractivity contribution < 1.29 is 14.7 Å². The molecule has 0 fully saturated rings. The van der Waals surface area contributed by atoms with Crippen LogP contribution in [0.25, 0.3) is 0 Å². The van der Waals surface area contributed by atoms with Crippen LogP contribution in [-0.4, -0.2) is 26.8 Å². The van der Waals surface area contributed by atoms with E-state index < -0.39 is 11.8 Å². The van der Waals surface area contributed by atoms with E-state index in [1.54, 1.807) is 36.4 Å². The number of anilines is 1. The minimum atomic E-state index is -1.26. The molecule has 1 aromatic heterocycles. The minimum Gasteiger partial charge on any atom is -0.477 e. The average Bonchev–Trinajstić information content (AvgIpc) is 2.48. The number of hydrogen-bond acceptors (Lipinski definition) is 5. The Balaban J connectivity index is 2.23. The fraction of sp³-hybridized carbons (Fsp3) is 0. The van der Waals surface area contributed by atoms with Crippen molar-refractivity contribution in [2.24, 2.45) is 0 Å². The summed E-state index contributed by atoms with van der Waals surface area (Å²) < 4.78 is 0. The number of aromatic nitrogens is 2. The Morgan fingerprint density at radius 1 is 1.05 bits per heavy atom. The van der Waals surface area contributed by atoms with Crippen LogP contribution < -0.4 is 5.32 Å². The maximum atomic E-state index is 11.9. The summed E-state index contributed by atoms with van der Waals surface area (Å²) in [5, 5.41) is 11.6. The van der Waals surface area contributed by atoms with E-state index in [2.05, 4.69) is 15.3 Å². The van der Waals surface area contributed by atoms with E-state index in [1.165, 1.54) is 12.4 Å². The molecule has 0 atom stereocenters. The predicted octanol–water partition coefficient (Wildman–Crippen LogP) is 1.74. The van der Waals surface area contributed by atoms with Crippen molar-refractivity contribution in [2.45, 2.75) is 0 Å². The zero-order valence-corrected chi connectivity index (χ0v) is 10.4. The van der Waals surface area contributed by atoms with Crippen molar-refractivity contribution in [3.05, 3.63) is 66.1 Å². The second-order valence-corrected chi connectivity index (χ2v) is 3.79. The normalized spacial score (nSPS) is 10.9. The molecule has 0 aliphatic rings. The van der Waals surface area contributed by atoms with Gasteiger partial charge in [-0.3, -0.25) is 4.79 Å². The molecule has 0 spiro atoms. The van der Waals surface area contributed by atoms with Gasteiger partial charge in [-0.2, -0.15) is 0 Å². The molecule has 1 aromatic carbocycles. The van der Waals surface area contributed by atoms with Crippen LogP contribution in [0.4, 0.5) is 5.95 Å². The van der Waals surface area contributed by atoms with Crippen LogP contribution in [0, 0.1) is 0 Å². The molecule has 0 bridgehead atoms. The van der Waals surface area contributed by atoms with Crippen molar-refractivity contribution in [1.29, 1.82) is 0 Å². The number of nitrogens with one attached hydrogen (secondary N) is 1. The first-order valence-electron chi connectivity index (χ1n) is 5.75. The Morgan fingerprint density at radius 2 is 1.70 bits per heavy atom. The monoisotopic (exact) mass is 269 g/mol. The molecule has 1 heterocycles. The summed E-state index contributed by atoms with van der Waals surface area (Å²) in [7, 11) is 0. The first-order valence-corrected chi connectivity index (χ1v) is 5.75. The van der Waals surface area contributed by atoms with Gasteiger partial charge in [0.05, 0.1) is 0 Å². The van der Waals surface area contributed by atoms with E-state index in [1.807, 2.05) is 0 Å². The molecule has 0 radical (unpaired) electrons. The van der Waals surface area contributed by atoms with E-state index in [0.29, 0.717) is 5.56 Å². The van der Waals surface area contributed by atoms with Crippen LogP contribution in [0.1, 0.15) is 10.4 Å². The SMILES string of the molecule is O=C(O)/C(=C/C(=O)c1ccccc1)Nc1ncccn1. The Labute approximate surface area is 114 Å². The molecule has 0 saturated carbocycles. The fourth-order valence-electron chi connectivity index (χ4n) is 1.45. The first-order chi connectivity index (χ1) is 9.66. The number of allylic oxidation sites excluding steroid dienone is 1. The number of carboxylic acid groups (broad SMARTS) is 1. The fourth-order valence-corrected chi connectivity index (χ4v) is 1.45. The van der Waals surface area contributed by atoms with Crippen LogP contribution in [0.3, 0.4) is 0 Å². The van der Waals surface area contributed by atoms with Crippen molar-refractivity contribution in [2.75, 3.05) is 5.32 Å². The van der Waals surface area contributed by atoms with Gasteiger partial charge in [-0.1, -0.05) is 30.3 Å². The number of carbonyl (C=O) groups excluding carboxylic acids is 1. The van der Waals surface area contributed by atoms with Crippen molar-refractivity contribution in [3.8, 4) is 0 Å². The van der Waals surface area contributed by atoms with E-state index >= 15 is 0 Å². The summed E-state index contributed by atoms with van der Waals surface area (Å²) in [5.41, 5.74) is 0.118. The lowest BCUT2D eigenvalue weighted by Crippen LogP contribution is -2.14. The molecular formula is C14H11N3O3. The van der Waals surface area contributed by atoms with Crippen molar-refractivity contribution in [1.82, 2.24) is 9.97 Å². The summed E-state index contributed by atoms with van der Waals surface area (Å²) >= 11 is 0. The van der Waals surface area contributed by atoms with Gasteiger partial charge >= 0.3 is 5.97 Å². The zero-order valence-electron chi connectivity index (χ0n) is 10.4. The largest absolute Gasteiger partial charge is 0.477 e. The second-order valence-electron chi connectivity index (χ2n) is 3.79. The van der Waals surface area contributed by atoms with Crippen LogP contribution in [0.5, 0.6) is 0 Å². The number of aliphatic carboxylic acids is 1. The predicted molar refractivity (Wildman–Crippen MR) is 72.1 cm³/mol. The van der Waals surface area contributed by atoms with Gasteiger partial charge in [-0.05, 0) is 6.07 Å². The Kier molecular flexibility index (Phi) is 4.18. The highest BCUT2D eigenvalue weighted by molar-refractivity contribution is 6.09. The van der Waals surface area contributed by atoms with Gasteiger partial charge < -0.3 is 10.4 Å². The van der Waals surface area contributed by atoms with E-state index in [4.69, 9.17) is 5.11 Å².